The molecule has 3 heterocycles. The first-order valence-electron chi connectivity index (χ1n) is 11.7. The number of likely N-dealkylation sites (tertiary alicyclic amines) is 1. The number of thiazole rings is 1. The van der Waals surface area contributed by atoms with Crippen molar-refractivity contribution in [3.05, 3.63) is 53.4 Å². The lowest BCUT2D eigenvalue weighted by molar-refractivity contribution is -0.121. The first-order chi connectivity index (χ1) is 17.6. The normalized spacial score (nSPS) is 14.6. The first kappa shape index (κ1) is 27.1. The number of oxazole rings is 1. The summed E-state index contributed by atoms with van der Waals surface area (Å²) in [5.74, 6) is -1.46. The Morgan fingerprint density at radius 1 is 1.22 bits per heavy atom. The van der Waals surface area contributed by atoms with Gasteiger partial charge in [0.25, 0.3) is 5.91 Å². The number of ether oxygens (including phenoxy) is 1. The lowest BCUT2D eigenvalue weighted by Crippen LogP contribution is -2.42. The summed E-state index contributed by atoms with van der Waals surface area (Å²) in [4.78, 5) is 35.5. The number of anilines is 1. The molecule has 0 atom stereocenters. The van der Waals surface area contributed by atoms with Gasteiger partial charge in [0.05, 0.1) is 29.5 Å². The van der Waals surface area contributed by atoms with Crippen LogP contribution in [-0.4, -0.2) is 46.9 Å². The zero-order valence-electron chi connectivity index (χ0n) is 21.0. The second-order valence-corrected chi connectivity index (χ2v) is 11.9. The second kappa shape index (κ2) is 11.2. The molecule has 1 aromatic carbocycles. The highest BCUT2D eigenvalue weighted by molar-refractivity contribution is 8.00. The standard InChI is InChI=1S/C25H28F2N4O4S2/c1-25(2,3)17-11-28-18(35-17)13-36-19-12-29-24(37-19)30-22(32)14-7-9-31(10-8-14)23(33)20-15(26)5-6-16(34-4)21(20)27/h5-6,11-12,14H,7-10,13H2,1-4H3,(H,29,30,32). The summed E-state index contributed by atoms with van der Waals surface area (Å²) >= 11 is 2.88. The van der Waals surface area contributed by atoms with E-state index in [9.17, 15) is 18.4 Å². The van der Waals surface area contributed by atoms with Crippen LogP contribution in [0.3, 0.4) is 0 Å². The number of amides is 2. The van der Waals surface area contributed by atoms with Crippen LogP contribution in [0, 0.1) is 17.6 Å². The lowest BCUT2D eigenvalue weighted by atomic mass is 9.94. The van der Waals surface area contributed by atoms with Crippen LogP contribution >= 0.6 is 23.1 Å². The van der Waals surface area contributed by atoms with Crippen molar-refractivity contribution >= 4 is 40.0 Å². The summed E-state index contributed by atoms with van der Waals surface area (Å²) in [7, 11) is 1.25. The predicted octanol–water partition coefficient (Wildman–Crippen LogP) is 5.50. The Morgan fingerprint density at radius 2 is 1.95 bits per heavy atom. The molecule has 0 radical (unpaired) electrons. The van der Waals surface area contributed by atoms with Crippen molar-refractivity contribution in [2.45, 2.75) is 49.0 Å². The fourth-order valence-corrected chi connectivity index (χ4v) is 5.57. The quantitative estimate of drug-likeness (QED) is 0.388. The van der Waals surface area contributed by atoms with Crippen LogP contribution in [0.15, 0.2) is 33.2 Å². The molecule has 0 unspecified atom stereocenters. The maximum atomic E-state index is 14.5. The number of carbonyl (C=O) groups excluding carboxylic acids is 2. The first-order valence-corrected chi connectivity index (χ1v) is 13.5. The fraction of sp³-hybridized carbons (Fsp3) is 0.440. The van der Waals surface area contributed by atoms with Crippen molar-refractivity contribution in [2.24, 2.45) is 5.92 Å². The molecule has 2 aromatic heterocycles. The number of hydrogen-bond acceptors (Lipinski definition) is 8. The van der Waals surface area contributed by atoms with Crippen molar-refractivity contribution in [3.63, 3.8) is 0 Å². The number of halogens is 2. The van der Waals surface area contributed by atoms with Crippen LogP contribution < -0.4 is 10.1 Å². The number of aromatic nitrogens is 2. The number of nitrogens with zero attached hydrogens (tertiary/aromatic N) is 3. The van der Waals surface area contributed by atoms with Gasteiger partial charge in [-0.05, 0) is 25.0 Å². The van der Waals surface area contributed by atoms with E-state index in [4.69, 9.17) is 9.15 Å². The predicted molar refractivity (Wildman–Crippen MR) is 137 cm³/mol. The SMILES string of the molecule is COc1ccc(F)c(C(=O)N2CCC(C(=O)Nc3ncc(SCc4ncc(C(C)(C)C)o4)s3)CC2)c1F. The van der Waals surface area contributed by atoms with Crippen LogP contribution in [0.1, 0.15) is 55.6 Å². The zero-order chi connectivity index (χ0) is 26.7. The molecule has 1 saturated heterocycles. The smallest absolute Gasteiger partial charge is 0.259 e. The highest BCUT2D eigenvalue weighted by Crippen LogP contribution is 2.33. The Labute approximate surface area is 221 Å². The molecular weight excluding hydrogens is 522 g/mol. The minimum absolute atomic E-state index is 0.108. The van der Waals surface area contributed by atoms with Gasteiger partial charge in [0, 0.05) is 24.4 Å². The van der Waals surface area contributed by atoms with E-state index in [2.05, 4.69) is 36.1 Å². The van der Waals surface area contributed by atoms with Crippen LogP contribution in [-0.2, 0) is 16.0 Å². The van der Waals surface area contributed by atoms with Crippen molar-refractivity contribution in [3.8, 4) is 5.75 Å². The van der Waals surface area contributed by atoms with Crippen LogP contribution in [0.4, 0.5) is 13.9 Å². The molecule has 1 fully saturated rings. The lowest BCUT2D eigenvalue weighted by Gasteiger charge is -2.31. The highest BCUT2D eigenvalue weighted by Gasteiger charge is 2.31. The summed E-state index contributed by atoms with van der Waals surface area (Å²) in [6, 6.07) is 2.14. The molecule has 2 amide bonds. The molecule has 1 aliphatic rings. The third kappa shape index (κ3) is 6.30. The van der Waals surface area contributed by atoms with Crippen molar-refractivity contribution < 1.29 is 27.5 Å². The summed E-state index contributed by atoms with van der Waals surface area (Å²) in [5.41, 5.74) is -0.752. The maximum Gasteiger partial charge on any atom is 0.259 e. The van der Waals surface area contributed by atoms with Gasteiger partial charge in [-0.25, -0.2) is 18.7 Å². The molecule has 37 heavy (non-hydrogen) atoms. The second-order valence-electron chi connectivity index (χ2n) is 9.64. The Balaban J connectivity index is 1.28. The average molecular weight is 551 g/mol. The number of piperidine rings is 1. The molecule has 0 spiro atoms. The van der Waals surface area contributed by atoms with Gasteiger partial charge in [-0.1, -0.05) is 32.1 Å². The van der Waals surface area contributed by atoms with Crippen molar-refractivity contribution in [1.82, 2.24) is 14.9 Å². The Hall–Kier alpha value is -2.99. The molecule has 0 bridgehead atoms. The summed E-state index contributed by atoms with van der Waals surface area (Å²) < 4.78 is 40.3. The number of thioether (sulfide) groups is 1. The van der Waals surface area contributed by atoms with Crippen LogP contribution in [0.5, 0.6) is 5.75 Å². The fourth-order valence-electron chi connectivity index (χ4n) is 3.84. The van der Waals surface area contributed by atoms with E-state index in [1.54, 1.807) is 12.4 Å². The molecule has 1 aliphatic heterocycles. The number of hydrogen-bond donors (Lipinski definition) is 1. The van der Waals surface area contributed by atoms with Gasteiger partial charge in [-0.2, -0.15) is 0 Å². The van der Waals surface area contributed by atoms with Gasteiger partial charge in [0.15, 0.2) is 16.7 Å². The third-order valence-electron chi connectivity index (χ3n) is 5.99. The zero-order valence-corrected chi connectivity index (χ0v) is 22.6. The Kier molecular flexibility index (Phi) is 8.17. The number of methoxy groups -OCH3 is 1. The van der Waals surface area contributed by atoms with Crippen molar-refractivity contribution in [2.75, 3.05) is 25.5 Å². The van der Waals surface area contributed by atoms with E-state index in [0.29, 0.717) is 29.6 Å². The van der Waals surface area contributed by atoms with Crippen LogP contribution in [0.25, 0.3) is 0 Å². The summed E-state index contributed by atoms with van der Waals surface area (Å²) in [6.07, 6.45) is 4.18. The average Bonchev–Trinajstić information content (AvgIpc) is 3.52. The topological polar surface area (TPSA) is 97.6 Å². The van der Waals surface area contributed by atoms with E-state index < -0.39 is 23.1 Å². The number of rotatable bonds is 7. The van der Waals surface area contributed by atoms with Gasteiger partial charge in [0.2, 0.25) is 11.8 Å². The minimum Gasteiger partial charge on any atom is -0.494 e. The summed E-state index contributed by atoms with van der Waals surface area (Å²) in [5, 5.41) is 3.32. The molecular formula is C25H28F2N4O4S2. The monoisotopic (exact) mass is 550 g/mol. The van der Waals surface area contributed by atoms with Gasteiger partial charge >= 0.3 is 0 Å². The van der Waals surface area contributed by atoms with Gasteiger partial charge < -0.3 is 19.4 Å². The Morgan fingerprint density at radius 3 is 2.59 bits per heavy atom. The van der Waals surface area contributed by atoms with Gasteiger partial charge in [-0.15, -0.1) is 11.8 Å². The van der Waals surface area contributed by atoms with E-state index >= 15 is 0 Å². The molecule has 198 valence electrons. The molecule has 3 aromatic rings. The largest absolute Gasteiger partial charge is 0.494 e. The van der Waals surface area contributed by atoms with E-state index in [-0.39, 0.29) is 36.1 Å². The molecule has 4 rings (SSSR count). The number of benzene rings is 1. The van der Waals surface area contributed by atoms with E-state index in [0.717, 1.165) is 22.1 Å². The highest BCUT2D eigenvalue weighted by atomic mass is 32.2. The van der Waals surface area contributed by atoms with E-state index in [1.165, 1.54) is 35.1 Å². The molecule has 1 N–H and O–H groups in total. The maximum absolute atomic E-state index is 14.5. The third-order valence-corrected chi connectivity index (χ3v) is 8.08. The van der Waals surface area contributed by atoms with Crippen LogP contribution in [0.2, 0.25) is 0 Å². The molecule has 0 saturated carbocycles. The van der Waals surface area contributed by atoms with Gasteiger partial charge in [0.1, 0.15) is 17.1 Å². The van der Waals surface area contributed by atoms with Crippen molar-refractivity contribution in [1.29, 1.82) is 0 Å². The Bertz CT molecular complexity index is 1280. The molecule has 12 heteroatoms. The summed E-state index contributed by atoms with van der Waals surface area (Å²) in [6.45, 7) is 6.59. The van der Waals surface area contributed by atoms with E-state index in [1.807, 2.05) is 0 Å². The molecule has 8 nitrogen and oxygen atoms in total. The van der Waals surface area contributed by atoms with Gasteiger partial charge in [-0.3, -0.25) is 9.59 Å². The minimum atomic E-state index is -1.03. The number of nitrogens with one attached hydrogen (secondary N) is 1. The molecule has 0 aliphatic carbocycles. The number of carbonyl (C=O) groups is 2.